The minimum atomic E-state index is -0.686. The number of nitrogens with one attached hydrogen (secondary N) is 2. The Morgan fingerprint density at radius 1 is 1.17 bits per heavy atom. The van der Waals surface area contributed by atoms with E-state index in [1.807, 2.05) is 6.92 Å². The number of amides is 2. The summed E-state index contributed by atoms with van der Waals surface area (Å²) in [6.45, 7) is 3.60. The quantitative estimate of drug-likeness (QED) is 0.693. The van der Waals surface area contributed by atoms with Gasteiger partial charge in [0.05, 0.1) is 12.7 Å². The van der Waals surface area contributed by atoms with Crippen LogP contribution in [0.15, 0.2) is 24.3 Å². The third kappa shape index (κ3) is 6.37. The van der Waals surface area contributed by atoms with Crippen molar-refractivity contribution in [3.63, 3.8) is 0 Å². The Bertz CT molecular complexity index is 542. The van der Waals surface area contributed by atoms with E-state index in [1.54, 1.807) is 31.2 Å². The number of hydrogen-bond acceptors (Lipinski definition) is 5. The van der Waals surface area contributed by atoms with Gasteiger partial charge in [-0.15, -0.1) is 0 Å². The van der Waals surface area contributed by atoms with Crippen molar-refractivity contribution in [3.8, 4) is 5.75 Å². The van der Waals surface area contributed by atoms with Crippen LogP contribution in [0, 0.1) is 0 Å². The van der Waals surface area contributed by atoms with Gasteiger partial charge in [-0.05, 0) is 37.6 Å². The minimum Gasteiger partial charge on any atom is -0.497 e. The molecule has 1 aromatic carbocycles. The van der Waals surface area contributed by atoms with E-state index in [0.717, 1.165) is 6.42 Å². The number of ether oxygens (including phenoxy) is 2. The number of rotatable bonds is 8. The largest absolute Gasteiger partial charge is 0.497 e. The average Bonchev–Trinajstić information content (AvgIpc) is 2.57. The summed E-state index contributed by atoms with van der Waals surface area (Å²) in [5.41, 5.74) is 0.312. The second-order valence-corrected chi connectivity index (χ2v) is 4.88. The molecule has 2 N–H and O–H groups in total. The molecule has 1 rings (SSSR count). The third-order valence-electron chi connectivity index (χ3n) is 2.98. The van der Waals surface area contributed by atoms with Crippen LogP contribution in [-0.2, 0) is 14.3 Å². The summed E-state index contributed by atoms with van der Waals surface area (Å²) in [5, 5.41) is 5.13. The lowest BCUT2D eigenvalue weighted by atomic mass is 10.2. The number of benzene rings is 1. The normalized spacial score (nSPS) is 11.3. The molecule has 0 aromatic heterocycles. The van der Waals surface area contributed by atoms with E-state index in [1.165, 1.54) is 7.11 Å². The zero-order valence-electron chi connectivity index (χ0n) is 13.5. The van der Waals surface area contributed by atoms with Crippen LogP contribution in [0.2, 0.25) is 0 Å². The van der Waals surface area contributed by atoms with Gasteiger partial charge in [-0.25, -0.2) is 4.79 Å². The number of methoxy groups -OCH3 is 1. The summed E-state index contributed by atoms with van der Waals surface area (Å²) >= 11 is 0. The predicted octanol–water partition coefficient (Wildman–Crippen LogP) is 0.883. The van der Waals surface area contributed by atoms with Crippen LogP contribution >= 0.6 is 0 Å². The van der Waals surface area contributed by atoms with Crippen molar-refractivity contribution in [1.82, 2.24) is 10.6 Å². The molecular formula is C16H22N2O5. The van der Waals surface area contributed by atoms with Gasteiger partial charge in [-0.2, -0.15) is 0 Å². The first-order chi connectivity index (χ1) is 11.0. The second kappa shape index (κ2) is 9.45. The van der Waals surface area contributed by atoms with Crippen LogP contribution in [0.3, 0.4) is 0 Å². The molecule has 0 saturated heterocycles. The Balaban J connectivity index is 2.39. The Morgan fingerprint density at radius 2 is 1.83 bits per heavy atom. The molecule has 0 spiro atoms. The molecule has 0 heterocycles. The molecule has 126 valence electrons. The summed E-state index contributed by atoms with van der Waals surface area (Å²) in [6, 6.07) is 5.64. The molecular weight excluding hydrogens is 300 g/mol. The number of hydrogen-bond donors (Lipinski definition) is 2. The third-order valence-corrected chi connectivity index (χ3v) is 2.98. The highest BCUT2D eigenvalue weighted by Crippen LogP contribution is 2.11. The summed E-state index contributed by atoms with van der Waals surface area (Å²) in [6.07, 6.45) is 0.811. The van der Waals surface area contributed by atoms with Crippen molar-refractivity contribution in [2.45, 2.75) is 26.3 Å². The van der Waals surface area contributed by atoms with Gasteiger partial charge in [0.2, 0.25) is 5.91 Å². The van der Waals surface area contributed by atoms with Gasteiger partial charge in [0.25, 0.3) is 5.91 Å². The molecule has 0 aliphatic heterocycles. The maximum atomic E-state index is 11.8. The van der Waals surface area contributed by atoms with Crippen molar-refractivity contribution in [2.75, 3.05) is 20.3 Å². The molecule has 1 aromatic rings. The van der Waals surface area contributed by atoms with Crippen molar-refractivity contribution >= 4 is 17.8 Å². The van der Waals surface area contributed by atoms with E-state index in [-0.39, 0.29) is 5.91 Å². The van der Waals surface area contributed by atoms with Gasteiger partial charge in [0, 0.05) is 6.54 Å². The molecule has 2 amide bonds. The number of carbonyl (C=O) groups is 3. The SMILES string of the molecule is CCCNC(=O)[C@H](C)NC(=O)COC(=O)c1ccc(OC)cc1. The van der Waals surface area contributed by atoms with E-state index in [9.17, 15) is 14.4 Å². The molecule has 0 fully saturated rings. The van der Waals surface area contributed by atoms with Gasteiger partial charge in [-0.1, -0.05) is 6.92 Å². The standard InChI is InChI=1S/C16H22N2O5/c1-4-9-17-15(20)11(2)18-14(19)10-23-16(21)12-5-7-13(22-3)8-6-12/h5-8,11H,4,9-10H2,1-3H3,(H,17,20)(H,18,19)/t11-/m0/s1. The molecule has 0 aliphatic carbocycles. The first-order valence-corrected chi connectivity index (χ1v) is 7.36. The van der Waals surface area contributed by atoms with Crippen LogP contribution in [0.5, 0.6) is 5.75 Å². The highest BCUT2D eigenvalue weighted by molar-refractivity contribution is 5.92. The molecule has 0 unspecified atom stereocenters. The minimum absolute atomic E-state index is 0.276. The summed E-state index contributed by atoms with van der Waals surface area (Å²) in [5.74, 6) is -0.815. The molecule has 0 radical (unpaired) electrons. The van der Waals surface area contributed by atoms with Crippen molar-refractivity contribution in [3.05, 3.63) is 29.8 Å². The van der Waals surface area contributed by atoms with Gasteiger partial charge < -0.3 is 20.1 Å². The Labute approximate surface area is 135 Å². The second-order valence-electron chi connectivity index (χ2n) is 4.88. The van der Waals surface area contributed by atoms with Crippen LogP contribution in [0.25, 0.3) is 0 Å². The van der Waals surface area contributed by atoms with E-state index in [0.29, 0.717) is 17.9 Å². The zero-order valence-corrected chi connectivity index (χ0v) is 13.5. The summed E-state index contributed by atoms with van der Waals surface area (Å²) in [4.78, 5) is 35.1. The molecule has 23 heavy (non-hydrogen) atoms. The number of esters is 1. The van der Waals surface area contributed by atoms with Crippen LogP contribution in [0.4, 0.5) is 0 Å². The zero-order chi connectivity index (χ0) is 17.2. The fourth-order valence-electron chi connectivity index (χ4n) is 1.69. The average molecular weight is 322 g/mol. The van der Waals surface area contributed by atoms with E-state index in [2.05, 4.69) is 10.6 Å². The Kier molecular flexibility index (Phi) is 7.59. The van der Waals surface area contributed by atoms with Crippen LogP contribution in [-0.4, -0.2) is 44.1 Å². The smallest absolute Gasteiger partial charge is 0.338 e. The Morgan fingerprint density at radius 3 is 2.39 bits per heavy atom. The van der Waals surface area contributed by atoms with Crippen LogP contribution < -0.4 is 15.4 Å². The van der Waals surface area contributed by atoms with Gasteiger partial charge >= 0.3 is 5.97 Å². The molecule has 0 bridgehead atoms. The first-order valence-electron chi connectivity index (χ1n) is 7.36. The fourth-order valence-corrected chi connectivity index (χ4v) is 1.69. The molecule has 7 heteroatoms. The van der Waals surface area contributed by atoms with E-state index in [4.69, 9.17) is 9.47 Å². The lowest BCUT2D eigenvalue weighted by Gasteiger charge is -2.13. The van der Waals surface area contributed by atoms with Crippen molar-refractivity contribution in [1.29, 1.82) is 0 Å². The first kappa shape index (κ1) is 18.5. The van der Waals surface area contributed by atoms with Gasteiger partial charge in [0.1, 0.15) is 11.8 Å². The fraction of sp³-hybridized carbons (Fsp3) is 0.438. The molecule has 0 saturated carbocycles. The summed E-state index contributed by atoms with van der Waals surface area (Å²) < 4.78 is 9.89. The van der Waals surface area contributed by atoms with Gasteiger partial charge in [0.15, 0.2) is 6.61 Å². The Hall–Kier alpha value is -2.57. The van der Waals surface area contributed by atoms with E-state index >= 15 is 0 Å². The van der Waals surface area contributed by atoms with Gasteiger partial charge in [-0.3, -0.25) is 9.59 Å². The number of carbonyl (C=O) groups excluding carboxylic acids is 3. The predicted molar refractivity (Wildman–Crippen MR) is 84.2 cm³/mol. The molecule has 7 nitrogen and oxygen atoms in total. The molecule has 1 atom stereocenters. The summed E-state index contributed by atoms with van der Waals surface area (Å²) in [7, 11) is 1.52. The van der Waals surface area contributed by atoms with Crippen molar-refractivity contribution < 1.29 is 23.9 Å². The van der Waals surface area contributed by atoms with E-state index < -0.39 is 24.5 Å². The maximum Gasteiger partial charge on any atom is 0.338 e. The molecule has 0 aliphatic rings. The highest BCUT2D eigenvalue weighted by atomic mass is 16.5. The topological polar surface area (TPSA) is 93.7 Å². The highest BCUT2D eigenvalue weighted by Gasteiger charge is 2.16. The van der Waals surface area contributed by atoms with Crippen molar-refractivity contribution in [2.24, 2.45) is 0 Å². The monoisotopic (exact) mass is 322 g/mol. The maximum absolute atomic E-state index is 11.8. The van der Waals surface area contributed by atoms with Crippen LogP contribution in [0.1, 0.15) is 30.6 Å². The lowest BCUT2D eigenvalue weighted by Crippen LogP contribution is -2.46. The lowest BCUT2D eigenvalue weighted by molar-refractivity contribution is -0.130.